The molecule has 26 heavy (non-hydrogen) atoms. The zero-order valence-electron chi connectivity index (χ0n) is 14.9. The zero-order chi connectivity index (χ0) is 18.8. The Morgan fingerprint density at radius 1 is 1.12 bits per heavy atom. The van der Waals surface area contributed by atoms with Gasteiger partial charge < -0.3 is 15.6 Å². The Morgan fingerprint density at radius 2 is 1.85 bits per heavy atom. The van der Waals surface area contributed by atoms with E-state index in [4.69, 9.17) is 5.73 Å². The highest BCUT2D eigenvalue weighted by Gasteiger charge is 2.20. The average Bonchev–Trinajstić information content (AvgIpc) is 2.92. The van der Waals surface area contributed by atoms with Crippen LogP contribution in [0.1, 0.15) is 23.0 Å². The first-order valence-corrected chi connectivity index (χ1v) is 8.18. The number of nitrogens with one attached hydrogen (secondary N) is 1. The van der Waals surface area contributed by atoms with Crippen LogP contribution in [0.15, 0.2) is 48.7 Å². The van der Waals surface area contributed by atoms with E-state index in [0.717, 1.165) is 27.9 Å². The number of pyridine rings is 1. The molecule has 0 bridgehead atoms. The molecule has 3 aromatic rings. The summed E-state index contributed by atoms with van der Waals surface area (Å²) < 4.78 is 1.77. The van der Waals surface area contributed by atoms with Gasteiger partial charge in [-0.25, -0.2) is 4.98 Å². The average molecular weight is 348 g/mol. The number of nitrogens with two attached hydrogens (primary N) is 1. The summed E-state index contributed by atoms with van der Waals surface area (Å²) in [6, 6.07) is 13.4. The third kappa shape index (κ3) is 3.21. The lowest BCUT2D eigenvalue weighted by molar-refractivity contribution is -0.114. The highest BCUT2D eigenvalue weighted by molar-refractivity contribution is 6.00. The first kappa shape index (κ1) is 17.4. The lowest BCUT2D eigenvalue weighted by Gasteiger charge is -2.08. The van der Waals surface area contributed by atoms with Crippen molar-refractivity contribution in [2.45, 2.75) is 13.8 Å². The van der Waals surface area contributed by atoms with Crippen LogP contribution in [-0.2, 0) is 11.8 Å². The Kier molecular flexibility index (Phi) is 4.58. The molecule has 0 saturated carbocycles. The molecule has 0 fully saturated rings. The van der Waals surface area contributed by atoms with E-state index in [-0.39, 0.29) is 5.91 Å². The lowest BCUT2D eigenvalue weighted by Crippen LogP contribution is -2.16. The van der Waals surface area contributed by atoms with Crippen LogP contribution in [0.5, 0.6) is 0 Å². The summed E-state index contributed by atoms with van der Waals surface area (Å²) in [5.41, 5.74) is 10.5. The molecule has 0 saturated heterocycles. The molecule has 0 spiro atoms. The van der Waals surface area contributed by atoms with Gasteiger partial charge in [0.25, 0.3) is 5.91 Å². The first-order chi connectivity index (χ1) is 12.4. The molecule has 0 atom stereocenters. The second-order valence-electron chi connectivity index (χ2n) is 6.14. The van der Waals surface area contributed by atoms with E-state index in [9.17, 15) is 9.59 Å². The minimum atomic E-state index is -0.492. The van der Waals surface area contributed by atoms with Gasteiger partial charge in [-0.2, -0.15) is 0 Å². The Balaban J connectivity index is 2.19. The van der Waals surface area contributed by atoms with Crippen molar-refractivity contribution in [2.75, 3.05) is 5.32 Å². The topological polar surface area (TPSA) is 90.0 Å². The minimum absolute atomic E-state index is 0.194. The smallest absolute Gasteiger partial charge is 0.265 e. The number of hydrogen-bond donors (Lipinski definition) is 2. The van der Waals surface area contributed by atoms with Crippen LogP contribution in [-0.4, -0.2) is 21.4 Å². The molecule has 2 heterocycles. The second kappa shape index (κ2) is 6.84. The van der Waals surface area contributed by atoms with Crippen molar-refractivity contribution < 1.29 is 9.59 Å². The van der Waals surface area contributed by atoms with Crippen molar-refractivity contribution in [1.82, 2.24) is 9.55 Å². The normalized spacial score (nSPS) is 10.6. The van der Waals surface area contributed by atoms with Crippen molar-refractivity contribution in [2.24, 2.45) is 12.8 Å². The molecule has 0 aliphatic carbocycles. The van der Waals surface area contributed by atoms with E-state index in [1.165, 1.54) is 6.92 Å². The van der Waals surface area contributed by atoms with Gasteiger partial charge in [-0.1, -0.05) is 24.3 Å². The van der Waals surface area contributed by atoms with Crippen LogP contribution in [0.2, 0.25) is 0 Å². The molecule has 0 aliphatic heterocycles. The summed E-state index contributed by atoms with van der Waals surface area (Å²) in [7, 11) is 1.80. The van der Waals surface area contributed by atoms with Gasteiger partial charge in [0, 0.05) is 37.0 Å². The van der Waals surface area contributed by atoms with Crippen LogP contribution < -0.4 is 11.1 Å². The SMILES string of the molecule is CC(=O)Nc1cc(-c2cc(-c3ccccc3C)c(C(N)=O)n2C)ccn1. The van der Waals surface area contributed by atoms with E-state index in [1.54, 1.807) is 23.9 Å². The van der Waals surface area contributed by atoms with Crippen molar-refractivity contribution in [3.63, 3.8) is 0 Å². The van der Waals surface area contributed by atoms with Crippen molar-refractivity contribution in [1.29, 1.82) is 0 Å². The van der Waals surface area contributed by atoms with E-state index in [2.05, 4.69) is 10.3 Å². The third-order valence-electron chi connectivity index (χ3n) is 4.26. The Bertz CT molecular complexity index is 1000. The number of hydrogen-bond acceptors (Lipinski definition) is 3. The summed E-state index contributed by atoms with van der Waals surface area (Å²) >= 11 is 0. The third-order valence-corrected chi connectivity index (χ3v) is 4.26. The fourth-order valence-corrected chi connectivity index (χ4v) is 3.10. The number of aromatic nitrogens is 2. The molecule has 6 heteroatoms. The van der Waals surface area contributed by atoms with Crippen LogP contribution in [0.3, 0.4) is 0 Å². The van der Waals surface area contributed by atoms with Gasteiger partial charge in [-0.15, -0.1) is 0 Å². The van der Waals surface area contributed by atoms with Gasteiger partial charge >= 0.3 is 0 Å². The lowest BCUT2D eigenvalue weighted by atomic mass is 10.00. The van der Waals surface area contributed by atoms with Gasteiger partial charge in [0.15, 0.2) is 0 Å². The molecule has 0 unspecified atom stereocenters. The maximum Gasteiger partial charge on any atom is 0.265 e. The van der Waals surface area contributed by atoms with Gasteiger partial charge in [-0.05, 0) is 36.2 Å². The van der Waals surface area contributed by atoms with Gasteiger partial charge in [0.2, 0.25) is 5.91 Å². The number of carbonyl (C=O) groups is 2. The maximum absolute atomic E-state index is 12.1. The number of carbonyl (C=O) groups excluding carboxylic acids is 2. The molecule has 0 radical (unpaired) electrons. The Morgan fingerprint density at radius 3 is 2.50 bits per heavy atom. The minimum Gasteiger partial charge on any atom is -0.364 e. The molecule has 3 rings (SSSR count). The molecule has 6 nitrogen and oxygen atoms in total. The number of nitrogens with zero attached hydrogens (tertiary/aromatic N) is 2. The van der Waals surface area contributed by atoms with E-state index in [1.807, 2.05) is 43.3 Å². The fraction of sp³-hybridized carbons (Fsp3) is 0.150. The summed E-state index contributed by atoms with van der Waals surface area (Å²) in [4.78, 5) is 27.5. The quantitative estimate of drug-likeness (QED) is 0.759. The summed E-state index contributed by atoms with van der Waals surface area (Å²) in [5, 5.41) is 2.67. The van der Waals surface area contributed by atoms with E-state index >= 15 is 0 Å². The van der Waals surface area contributed by atoms with Crippen molar-refractivity contribution >= 4 is 17.6 Å². The fourth-order valence-electron chi connectivity index (χ4n) is 3.10. The van der Waals surface area contributed by atoms with Crippen LogP contribution >= 0.6 is 0 Å². The molecule has 1 aromatic carbocycles. The highest BCUT2D eigenvalue weighted by atomic mass is 16.1. The number of rotatable bonds is 4. The Hall–Kier alpha value is -3.41. The molecule has 3 N–H and O–H groups in total. The molecular weight excluding hydrogens is 328 g/mol. The van der Waals surface area contributed by atoms with E-state index in [0.29, 0.717) is 11.5 Å². The van der Waals surface area contributed by atoms with Crippen LogP contribution in [0.4, 0.5) is 5.82 Å². The molecule has 2 aromatic heterocycles. The predicted molar refractivity (Wildman–Crippen MR) is 102 cm³/mol. The standard InChI is InChI=1S/C20H20N4O2/c1-12-6-4-5-7-15(12)16-11-17(24(3)19(16)20(21)26)14-8-9-22-18(10-14)23-13(2)25/h4-11H,1-3H3,(H2,21,26)(H,22,23,25). The Labute approximate surface area is 151 Å². The molecular formula is C20H20N4O2. The maximum atomic E-state index is 12.1. The highest BCUT2D eigenvalue weighted by Crippen LogP contribution is 2.34. The number of amides is 2. The first-order valence-electron chi connectivity index (χ1n) is 8.18. The van der Waals surface area contributed by atoms with Gasteiger partial charge in [0.05, 0.1) is 0 Å². The molecule has 0 aliphatic rings. The predicted octanol–water partition coefficient (Wildman–Crippen LogP) is 3.12. The second-order valence-corrected chi connectivity index (χ2v) is 6.14. The van der Waals surface area contributed by atoms with Gasteiger partial charge in [0.1, 0.15) is 11.5 Å². The van der Waals surface area contributed by atoms with Crippen molar-refractivity contribution in [3.05, 3.63) is 59.9 Å². The monoisotopic (exact) mass is 348 g/mol. The summed E-state index contributed by atoms with van der Waals surface area (Å²) in [6.45, 7) is 3.42. The number of aryl methyl sites for hydroxylation is 1. The summed E-state index contributed by atoms with van der Waals surface area (Å²) in [5.74, 6) is -0.234. The molecule has 132 valence electrons. The van der Waals surface area contributed by atoms with Gasteiger partial charge in [-0.3, -0.25) is 9.59 Å². The number of anilines is 1. The van der Waals surface area contributed by atoms with E-state index < -0.39 is 5.91 Å². The number of benzene rings is 1. The van der Waals surface area contributed by atoms with Crippen LogP contribution in [0, 0.1) is 6.92 Å². The zero-order valence-corrected chi connectivity index (χ0v) is 14.9. The van der Waals surface area contributed by atoms with Crippen LogP contribution in [0.25, 0.3) is 22.4 Å². The van der Waals surface area contributed by atoms with Crippen molar-refractivity contribution in [3.8, 4) is 22.4 Å². The largest absolute Gasteiger partial charge is 0.364 e. The molecule has 2 amide bonds. The summed E-state index contributed by atoms with van der Waals surface area (Å²) in [6.07, 6.45) is 1.62. The number of primary amides is 1.